The summed E-state index contributed by atoms with van der Waals surface area (Å²) in [4.78, 5) is 28.2. The molecule has 1 N–H and O–H groups in total. The van der Waals surface area contributed by atoms with E-state index in [2.05, 4.69) is 31.2 Å². The number of ether oxygens (including phenoxy) is 2. The zero-order valence-electron chi connectivity index (χ0n) is 17.3. The van der Waals surface area contributed by atoms with E-state index in [-0.39, 0.29) is 11.7 Å². The molecule has 0 aliphatic carbocycles. The van der Waals surface area contributed by atoms with E-state index in [1.165, 1.54) is 0 Å². The molecule has 0 amide bonds. The minimum atomic E-state index is 0.0926. The maximum Gasteiger partial charge on any atom is 0.323 e. The zero-order valence-corrected chi connectivity index (χ0v) is 17.3. The standard InChI is InChI=1S/C21H28N6O3/c1-2-29-21-24-19(22-10-16-5-4-8-30-16)23-20(25-21)26-11-14-9-15(13-26)17-6-3-7-18(28)27(17)12-14/h3,6-7,14-16H,2,4-5,8-13H2,1H3,(H,22,23,24,25)/t14-,15+,16-/m1/s1. The number of piperidine rings is 1. The van der Waals surface area contributed by atoms with E-state index in [1.54, 1.807) is 6.07 Å². The van der Waals surface area contributed by atoms with Gasteiger partial charge >= 0.3 is 6.01 Å². The van der Waals surface area contributed by atoms with Crippen LogP contribution in [0.4, 0.5) is 11.9 Å². The molecule has 2 saturated heterocycles. The van der Waals surface area contributed by atoms with Crippen LogP contribution in [0.3, 0.4) is 0 Å². The molecule has 2 aromatic rings. The predicted molar refractivity (Wildman–Crippen MR) is 112 cm³/mol. The van der Waals surface area contributed by atoms with Crippen LogP contribution < -0.4 is 20.5 Å². The van der Waals surface area contributed by atoms with Crippen molar-refractivity contribution in [1.29, 1.82) is 0 Å². The average molecular weight is 412 g/mol. The highest BCUT2D eigenvalue weighted by molar-refractivity contribution is 5.40. The van der Waals surface area contributed by atoms with Gasteiger partial charge in [-0.25, -0.2) is 0 Å². The third-order valence-corrected chi connectivity index (χ3v) is 6.15. The van der Waals surface area contributed by atoms with Crippen LogP contribution in [0.25, 0.3) is 0 Å². The Morgan fingerprint density at radius 3 is 3.00 bits per heavy atom. The Hall–Kier alpha value is -2.68. The smallest absolute Gasteiger partial charge is 0.323 e. The lowest BCUT2D eigenvalue weighted by Gasteiger charge is -2.42. The fourth-order valence-electron chi connectivity index (χ4n) is 4.83. The number of anilines is 2. The van der Waals surface area contributed by atoms with Crippen molar-refractivity contribution in [3.05, 3.63) is 34.2 Å². The van der Waals surface area contributed by atoms with E-state index in [0.717, 1.165) is 51.2 Å². The summed E-state index contributed by atoms with van der Waals surface area (Å²) in [6, 6.07) is 5.91. The first-order valence-electron chi connectivity index (χ1n) is 10.9. The van der Waals surface area contributed by atoms with Gasteiger partial charge < -0.3 is 24.3 Å². The highest BCUT2D eigenvalue weighted by Gasteiger charge is 2.35. The van der Waals surface area contributed by atoms with Crippen molar-refractivity contribution in [2.45, 2.75) is 44.8 Å². The van der Waals surface area contributed by atoms with Crippen LogP contribution >= 0.6 is 0 Å². The summed E-state index contributed by atoms with van der Waals surface area (Å²) in [5, 5.41) is 3.30. The maximum atomic E-state index is 12.3. The van der Waals surface area contributed by atoms with Gasteiger partial charge in [0.05, 0.1) is 12.7 Å². The average Bonchev–Trinajstić information content (AvgIpc) is 3.27. The largest absolute Gasteiger partial charge is 0.464 e. The number of hydrogen-bond acceptors (Lipinski definition) is 8. The van der Waals surface area contributed by atoms with Gasteiger partial charge in [-0.05, 0) is 38.2 Å². The molecule has 30 heavy (non-hydrogen) atoms. The van der Waals surface area contributed by atoms with Gasteiger partial charge in [0, 0.05) is 50.5 Å². The molecule has 2 fully saturated rings. The van der Waals surface area contributed by atoms with Gasteiger partial charge in [-0.2, -0.15) is 15.0 Å². The zero-order chi connectivity index (χ0) is 20.5. The third kappa shape index (κ3) is 3.86. The molecule has 3 aliphatic rings. The molecule has 2 bridgehead atoms. The van der Waals surface area contributed by atoms with Crippen molar-refractivity contribution in [3.63, 3.8) is 0 Å². The lowest BCUT2D eigenvalue weighted by atomic mass is 9.83. The highest BCUT2D eigenvalue weighted by atomic mass is 16.5. The molecule has 3 atom stereocenters. The molecule has 0 aromatic carbocycles. The predicted octanol–water partition coefficient (Wildman–Crippen LogP) is 1.65. The molecule has 9 heteroatoms. The van der Waals surface area contributed by atoms with Gasteiger partial charge in [-0.1, -0.05) is 6.07 Å². The Bertz CT molecular complexity index is 958. The molecule has 5 heterocycles. The summed E-state index contributed by atoms with van der Waals surface area (Å²) < 4.78 is 13.2. The minimum absolute atomic E-state index is 0.0926. The molecule has 3 aliphatic heterocycles. The quantitative estimate of drug-likeness (QED) is 0.765. The molecule has 0 spiro atoms. The monoisotopic (exact) mass is 412 g/mol. The van der Waals surface area contributed by atoms with Crippen LogP contribution in [-0.2, 0) is 11.3 Å². The van der Waals surface area contributed by atoms with Crippen LogP contribution in [0.5, 0.6) is 6.01 Å². The lowest BCUT2D eigenvalue weighted by Crippen LogP contribution is -2.47. The van der Waals surface area contributed by atoms with Crippen molar-refractivity contribution in [2.75, 3.05) is 43.1 Å². The van der Waals surface area contributed by atoms with Crippen molar-refractivity contribution in [3.8, 4) is 6.01 Å². The summed E-state index contributed by atoms with van der Waals surface area (Å²) in [6.07, 6.45) is 3.44. The highest BCUT2D eigenvalue weighted by Crippen LogP contribution is 2.36. The number of pyridine rings is 1. The Kier molecular flexibility index (Phi) is 5.28. The number of nitrogens with one attached hydrogen (secondary N) is 1. The molecule has 160 valence electrons. The minimum Gasteiger partial charge on any atom is -0.464 e. The summed E-state index contributed by atoms with van der Waals surface area (Å²) in [7, 11) is 0. The van der Waals surface area contributed by atoms with Gasteiger partial charge in [0.1, 0.15) is 0 Å². The van der Waals surface area contributed by atoms with E-state index < -0.39 is 0 Å². The van der Waals surface area contributed by atoms with Gasteiger partial charge in [0.2, 0.25) is 11.9 Å². The molecule has 2 aromatic heterocycles. The van der Waals surface area contributed by atoms with Gasteiger partial charge in [0.25, 0.3) is 5.56 Å². The van der Waals surface area contributed by atoms with E-state index in [9.17, 15) is 4.79 Å². The second-order valence-corrected chi connectivity index (χ2v) is 8.29. The van der Waals surface area contributed by atoms with E-state index >= 15 is 0 Å². The second-order valence-electron chi connectivity index (χ2n) is 8.29. The molecular weight excluding hydrogens is 384 g/mol. The van der Waals surface area contributed by atoms with E-state index in [4.69, 9.17) is 9.47 Å². The second kappa shape index (κ2) is 8.22. The summed E-state index contributed by atoms with van der Waals surface area (Å²) in [6.45, 7) is 6.25. The number of rotatable bonds is 6. The molecule has 5 rings (SSSR count). The van der Waals surface area contributed by atoms with Crippen molar-refractivity contribution < 1.29 is 9.47 Å². The SMILES string of the molecule is CCOc1nc(NC[C@H]2CCCO2)nc(N2C[C@H]3C[C@@H](C2)c2cccc(=O)n2C3)n1. The van der Waals surface area contributed by atoms with Gasteiger partial charge in [-0.3, -0.25) is 4.79 Å². The third-order valence-electron chi connectivity index (χ3n) is 6.15. The number of hydrogen-bond donors (Lipinski definition) is 1. The van der Waals surface area contributed by atoms with Crippen LogP contribution in [0.15, 0.2) is 23.0 Å². The van der Waals surface area contributed by atoms with Crippen molar-refractivity contribution in [1.82, 2.24) is 19.5 Å². The summed E-state index contributed by atoms with van der Waals surface area (Å²) >= 11 is 0. The number of fused-ring (bicyclic) bond motifs is 4. The Morgan fingerprint density at radius 2 is 2.17 bits per heavy atom. The van der Waals surface area contributed by atoms with Crippen molar-refractivity contribution >= 4 is 11.9 Å². The first-order valence-corrected chi connectivity index (χ1v) is 10.9. The maximum absolute atomic E-state index is 12.3. The van der Waals surface area contributed by atoms with Crippen molar-refractivity contribution in [2.24, 2.45) is 5.92 Å². The first-order chi connectivity index (χ1) is 14.7. The normalized spacial score (nSPS) is 25.1. The fraction of sp³-hybridized carbons (Fsp3) is 0.619. The molecule has 0 unspecified atom stereocenters. The number of aromatic nitrogens is 4. The topological polar surface area (TPSA) is 94.4 Å². The Balaban J connectivity index is 1.38. The van der Waals surface area contributed by atoms with E-state index in [0.29, 0.717) is 42.9 Å². The molecular formula is C21H28N6O3. The summed E-state index contributed by atoms with van der Waals surface area (Å²) in [5.74, 6) is 1.84. The first kappa shape index (κ1) is 19.3. The van der Waals surface area contributed by atoms with Crippen LogP contribution in [-0.4, -0.2) is 58.5 Å². The Labute approximate surface area is 175 Å². The van der Waals surface area contributed by atoms with Crippen LogP contribution in [0.1, 0.15) is 37.8 Å². The molecule has 9 nitrogen and oxygen atoms in total. The van der Waals surface area contributed by atoms with Gasteiger partial charge in [-0.15, -0.1) is 0 Å². The fourth-order valence-corrected chi connectivity index (χ4v) is 4.83. The number of nitrogens with zero attached hydrogens (tertiary/aromatic N) is 5. The Morgan fingerprint density at radius 1 is 1.23 bits per heavy atom. The van der Waals surface area contributed by atoms with Crippen LogP contribution in [0.2, 0.25) is 0 Å². The molecule has 0 radical (unpaired) electrons. The summed E-state index contributed by atoms with van der Waals surface area (Å²) in [5.41, 5.74) is 1.20. The van der Waals surface area contributed by atoms with Gasteiger partial charge in [0.15, 0.2) is 0 Å². The lowest BCUT2D eigenvalue weighted by molar-refractivity contribution is 0.120. The molecule has 0 saturated carbocycles. The van der Waals surface area contributed by atoms with Crippen LogP contribution in [0, 0.1) is 5.92 Å². The van der Waals surface area contributed by atoms with E-state index in [1.807, 2.05) is 17.6 Å².